The number of rotatable bonds is 11. The van der Waals surface area contributed by atoms with Crippen molar-refractivity contribution < 1.29 is 25.2 Å². The van der Waals surface area contributed by atoms with Gasteiger partial charge in [-0.05, 0) is 56.0 Å². The van der Waals surface area contributed by atoms with E-state index >= 15 is 0 Å². The SMILES string of the molecule is O=C(O)CCC/C=C\CC1C(/C(O)=C\CCCc2cccs2)[C@@H](O)C[C@@H]1O. The van der Waals surface area contributed by atoms with Crippen molar-refractivity contribution in [2.45, 2.75) is 63.6 Å². The highest BCUT2D eigenvalue weighted by atomic mass is 32.1. The van der Waals surface area contributed by atoms with E-state index in [9.17, 15) is 20.1 Å². The standard InChI is InChI=1S/C21H30O5S/c22-17(11-6-5-8-15-9-7-13-27-15)21-16(18(23)14-19(21)24)10-3-1-2-4-12-20(25)26/h1,3,7,9,11,13,16,18-19,21-24H,2,4-6,8,10,12,14H2,(H,25,26)/b3-1-,17-11+/t16?,18-,19-,21?/m0/s1. The zero-order chi connectivity index (χ0) is 19.6. The first-order chi connectivity index (χ1) is 13.0. The number of unbranched alkanes of at least 4 members (excludes halogenated alkanes) is 2. The molecule has 0 bridgehead atoms. The molecule has 2 rings (SSSR count). The third kappa shape index (κ3) is 7.13. The molecule has 1 aromatic heterocycles. The second-order valence-electron chi connectivity index (χ2n) is 7.15. The number of aliphatic hydroxyl groups excluding tert-OH is 3. The number of thiophene rings is 1. The molecule has 1 aliphatic rings. The number of aryl methyl sites for hydroxylation is 1. The molecule has 0 amide bonds. The number of hydrogen-bond acceptors (Lipinski definition) is 5. The van der Waals surface area contributed by atoms with Crippen LogP contribution in [0.15, 0.2) is 41.5 Å². The molecule has 0 aliphatic heterocycles. The van der Waals surface area contributed by atoms with Crippen molar-refractivity contribution in [1.82, 2.24) is 0 Å². The predicted octanol–water partition coefficient (Wildman–Crippen LogP) is 4.07. The zero-order valence-electron chi connectivity index (χ0n) is 15.5. The number of hydrogen-bond donors (Lipinski definition) is 4. The second-order valence-corrected chi connectivity index (χ2v) is 8.19. The number of aliphatic hydroxyl groups is 3. The molecule has 0 spiro atoms. The monoisotopic (exact) mass is 394 g/mol. The molecule has 1 aromatic rings. The summed E-state index contributed by atoms with van der Waals surface area (Å²) >= 11 is 1.73. The first-order valence-corrected chi connectivity index (χ1v) is 10.5. The van der Waals surface area contributed by atoms with Crippen molar-refractivity contribution in [3.8, 4) is 0 Å². The van der Waals surface area contributed by atoms with Gasteiger partial charge in [-0.3, -0.25) is 4.79 Å². The number of aliphatic carboxylic acids is 1. The van der Waals surface area contributed by atoms with E-state index in [0.717, 1.165) is 19.3 Å². The minimum absolute atomic E-state index is 0.146. The minimum Gasteiger partial charge on any atom is -0.512 e. The number of carbonyl (C=O) groups is 1. The van der Waals surface area contributed by atoms with Gasteiger partial charge in [-0.15, -0.1) is 11.3 Å². The van der Waals surface area contributed by atoms with Crippen LogP contribution < -0.4 is 0 Å². The van der Waals surface area contributed by atoms with E-state index in [1.807, 2.05) is 18.2 Å². The molecule has 0 saturated heterocycles. The van der Waals surface area contributed by atoms with Gasteiger partial charge in [0.1, 0.15) is 0 Å². The van der Waals surface area contributed by atoms with Gasteiger partial charge in [0, 0.05) is 29.6 Å². The Morgan fingerprint density at radius 3 is 2.67 bits per heavy atom. The van der Waals surface area contributed by atoms with Gasteiger partial charge in [0.05, 0.1) is 18.0 Å². The van der Waals surface area contributed by atoms with Crippen LogP contribution in [0.5, 0.6) is 0 Å². The molecule has 2 unspecified atom stereocenters. The van der Waals surface area contributed by atoms with Gasteiger partial charge in [-0.2, -0.15) is 0 Å². The first-order valence-electron chi connectivity index (χ1n) is 9.63. The Morgan fingerprint density at radius 2 is 1.96 bits per heavy atom. The molecule has 4 N–H and O–H groups in total. The van der Waals surface area contributed by atoms with Crippen molar-refractivity contribution in [3.63, 3.8) is 0 Å². The molecule has 0 radical (unpaired) electrons. The first kappa shape index (κ1) is 21.7. The summed E-state index contributed by atoms with van der Waals surface area (Å²) in [5.74, 6) is -1.28. The van der Waals surface area contributed by atoms with Gasteiger partial charge in [0.2, 0.25) is 0 Å². The smallest absolute Gasteiger partial charge is 0.303 e. The van der Waals surface area contributed by atoms with Crippen LogP contribution in [-0.4, -0.2) is 38.6 Å². The van der Waals surface area contributed by atoms with E-state index in [1.54, 1.807) is 17.4 Å². The highest BCUT2D eigenvalue weighted by Gasteiger charge is 2.43. The summed E-state index contributed by atoms with van der Waals surface area (Å²) in [7, 11) is 0. The highest BCUT2D eigenvalue weighted by molar-refractivity contribution is 7.09. The molecule has 150 valence electrons. The van der Waals surface area contributed by atoms with Crippen LogP contribution in [0, 0.1) is 11.8 Å². The van der Waals surface area contributed by atoms with Gasteiger partial charge >= 0.3 is 5.97 Å². The lowest BCUT2D eigenvalue weighted by Crippen LogP contribution is -2.23. The second kappa shape index (κ2) is 11.3. The van der Waals surface area contributed by atoms with Crippen LogP contribution in [0.2, 0.25) is 0 Å². The number of carboxylic acid groups (broad SMARTS) is 1. The molecular weight excluding hydrogens is 364 g/mol. The largest absolute Gasteiger partial charge is 0.512 e. The van der Waals surface area contributed by atoms with Crippen molar-refractivity contribution in [3.05, 3.63) is 46.4 Å². The molecule has 1 fully saturated rings. The van der Waals surface area contributed by atoms with Gasteiger partial charge in [0.25, 0.3) is 0 Å². The number of allylic oxidation sites excluding steroid dienone is 3. The Hall–Kier alpha value is -1.63. The molecule has 1 saturated carbocycles. The third-order valence-electron chi connectivity index (χ3n) is 5.09. The normalized spacial score (nSPS) is 26.1. The third-order valence-corrected chi connectivity index (χ3v) is 6.03. The predicted molar refractivity (Wildman–Crippen MR) is 107 cm³/mol. The summed E-state index contributed by atoms with van der Waals surface area (Å²) in [4.78, 5) is 11.8. The Bertz CT molecular complexity index is 623. The minimum atomic E-state index is -0.799. The van der Waals surface area contributed by atoms with Crippen LogP contribution in [-0.2, 0) is 11.2 Å². The summed E-state index contributed by atoms with van der Waals surface area (Å²) in [6.07, 6.45) is 9.12. The zero-order valence-corrected chi connectivity index (χ0v) is 16.4. The topological polar surface area (TPSA) is 98.0 Å². The Balaban J connectivity index is 1.82. The lowest BCUT2D eigenvalue weighted by molar-refractivity contribution is -0.137. The lowest BCUT2D eigenvalue weighted by atomic mass is 9.88. The Morgan fingerprint density at radius 1 is 1.15 bits per heavy atom. The van der Waals surface area contributed by atoms with E-state index in [0.29, 0.717) is 19.3 Å². The summed E-state index contributed by atoms with van der Waals surface area (Å²) in [5, 5.41) is 41.7. The van der Waals surface area contributed by atoms with Crippen LogP contribution in [0.25, 0.3) is 0 Å². The molecule has 4 atom stereocenters. The molecule has 1 aliphatic carbocycles. The van der Waals surface area contributed by atoms with Gasteiger partial charge in [-0.25, -0.2) is 0 Å². The highest BCUT2D eigenvalue weighted by Crippen LogP contribution is 2.39. The van der Waals surface area contributed by atoms with Gasteiger partial charge < -0.3 is 20.4 Å². The molecular formula is C21H30O5S. The van der Waals surface area contributed by atoms with Crippen LogP contribution >= 0.6 is 11.3 Å². The Labute approximate surface area is 164 Å². The van der Waals surface area contributed by atoms with Crippen LogP contribution in [0.3, 0.4) is 0 Å². The molecule has 27 heavy (non-hydrogen) atoms. The van der Waals surface area contributed by atoms with Gasteiger partial charge in [0.15, 0.2) is 0 Å². The number of carboxylic acids is 1. The van der Waals surface area contributed by atoms with Crippen molar-refractivity contribution in [2.24, 2.45) is 11.8 Å². The van der Waals surface area contributed by atoms with E-state index < -0.39 is 24.1 Å². The van der Waals surface area contributed by atoms with E-state index in [-0.39, 0.29) is 24.5 Å². The van der Waals surface area contributed by atoms with E-state index in [1.165, 1.54) is 4.88 Å². The summed E-state index contributed by atoms with van der Waals surface area (Å²) in [6, 6.07) is 4.13. The van der Waals surface area contributed by atoms with E-state index in [4.69, 9.17) is 5.11 Å². The van der Waals surface area contributed by atoms with E-state index in [2.05, 4.69) is 11.4 Å². The van der Waals surface area contributed by atoms with Crippen LogP contribution in [0.4, 0.5) is 0 Å². The summed E-state index contributed by atoms with van der Waals surface area (Å²) in [5.41, 5.74) is 0. The Kier molecular flexibility index (Phi) is 9.04. The quantitative estimate of drug-likeness (QED) is 0.258. The lowest BCUT2D eigenvalue weighted by Gasteiger charge is -2.22. The van der Waals surface area contributed by atoms with Crippen molar-refractivity contribution >= 4 is 17.3 Å². The average Bonchev–Trinajstić information content (AvgIpc) is 3.22. The molecule has 0 aromatic carbocycles. The summed E-state index contributed by atoms with van der Waals surface area (Å²) < 4.78 is 0. The maximum absolute atomic E-state index is 10.5. The van der Waals surface area contributed by atoms with Crippen molar-refractivity contribution in [2.75, 3.05) is 0 Å². The van der Waals surface area contributed by atoms with Gasteiger partial charge in [-0.1, -0.05) is 18.2 Å². The fourth-order valence-electron chi connectivity index (χ4n) is 3.67. The maximum Gasteiger partial charge on any atom is 0.303 e. The van der Waals surface area contributed by atoms with Crippen LogP contribution in [0.1, 0.15) is 49.8 Å². The molecule has 6 heteroatoms. The molecule has 5 nitrogen and oxygen atoms in total. The fourth-order valence-corrected chi connectivity index (χ4v) is 4.42. The van der Waals surface area contributed by atoms with Crippen molar-refractivity contribution in [1.29, 1.82) is 0 Å². The molecule has 1 heterocycles. The summed E-state index contributed by atoms with van der Waals surface area (Å²) in [6.45, 7) is 0. The maximum atomic E-state index is 10.5. The average molecular weight is 395 g/mol. The fraction of sp³-hybridized carbons (Fsp3) is 0.571.